The summed E-state index contributed by atoms with van der Waals surface area (Å²) in [6.45, 7) is 1.50. The van der Waals surface area contributed by atoms with Gasteiger partial charge >= 0.3 is 6.18 Å². The highest BCUT2D eigenvalue weighted by molar-refractivity contribution is 6.35. The normalized spacial score (nSPS) is 15.2. The Morgan fingerprint density at radius 2 is 1.56 bits per heavy atom. The summed E-state index contributed by atoms with van der Waals surface area (Å²) in [5.74, 6) is 0.0492. The Bertz CT molecular complexity index is 848. The van der Waals surface area contributed by atoms with Crippen LogP contribution in [0.15, 0.2) is 30.5 Å². The van der Waals surface area contributed by atoms with Crippen molar-refractivity contribution in [2.45, 2.75) is 6.18 Å². The first kappa shape index (κ1) is 20.0. The SMILES string of the molecule is O=C(c1cc(Cl)cc(Cl)c1)N1CCN(c2ncc(C(F)(F)F)cc2Cl)CC1. The molecular weight excluding hydrogens is 426 g/mol. The maximum absolute atomic E-state index is 12.7. The molecule has 0 radical (unpaired) electrons. The van der Waals surface area contributed by atoms with E-state index in [1.165, 1.54) is 18.2 Å². The van der Waals surface area contributed by atoms with E-state index >= 15 is 0 Å². The minimum absolute atomic E-state index is 0.0776. The molecule has 27 heavy (non-hydrogen) atoms. The zero-order valence-corrected chi connectivity index (χ0v) is 16.0. The average molecular weight is 439 g/mol. The Labute approximate surface area is 168 Å². The largest absolute Gasteiger partial charge is 0.417 e. The number of hydrogen-bond acceptors (Lipinski definition) is 3. The molecule has 0 saturated carbocycles. The predicted molar refractivity (Wildman–Crippen MR) is 98.8 cm³/mol. The molecule has 1 fully saturated rings. The summed E-state index contributed by atoms with van der Waals surface area (Å²) >= 11 is 17.8. The summed E-state index contributed by atoms with van der Waals surface area (Å²) in [4.78, 5) is 19.8. The van der Waals surface area contributed by atoms with Gasteiger partial charge < -0.3 is 9.80 Å². The van der Waals surface area contributed by atoms with Gasteiger partial charge in [0.15, 0.2) is 0 Å². The third-order valence-corrected chi connectivity index (χ3v) is 4.84. The van der Waals surface area contributed by atoms with Crippen LogP contribution in [-0.2, 0) is 6.18 Å². The number of anilines is 1. The minimum Gasteiger partial charge on any atom is -0.352 e. The number of carbonyl (C=O) groups excluding carboxylic acids is 1. The van der Waals surface area contributed by atoms with Crippen molar-refractivity contribution in [3.63, 3.8) is 0 Å². The average Bonchev–Trinajstić information content (AvgIpc) is 2.59. The van der Waals surface area contributed by atoms with Crippen molar-refractivity contribution in [2.75, 3.05) is 31.1 Å². The molecule has 1 aliphatic rings. The van der Waals surface area contributed by atoms with Crippen LogP contribution in [0.25, 0.3) is 0 Å². The lowest BCUT2D eigenvalue weighted by Gasteiger charge is -2.36. The van der Waals surface area contributed by atoms with Gasteiger partial charge in [0.05, 0.1) is 10.6 Å². The first-order valence-corrected chi connectivity index (χ1v) is 9.01. The van der Waals surface area contributed by atoms with Gasteiger partial charge in [0.2, 0.25) is 0 Å². The van der Waals surface area contributed by atoms with Crippen LogP contribution >= 0.6 is 34.8 Å². The lowest BCUT2D eigenvalue weighted by Crippen LogP contribution is -2.49. The quantitative estimate of drug-likeness (QED) is 0.660. The van der Waals surface area contributed by atoms with Crippen LogP contribution < -0.4 is 4.90 Å². The van der Waals surface area contributed by atoms with E-state index in [0.29, 0.717) is 41.8 Å². The number of carbonyl (C=O) groups is 1. The van der Waals surface area contributed by atoms with E-state index in [4.69, 9.17) is 34.8 Å². The van der Waals surface area contributed by atoms with Gasteiger partial charge in [-0.1, -0.05) is 34.8 Å². The van der Waals surface area contributed by atoms with Crippen LogP contribution in [0.4, 0.5) is 19.0 Å². The smallest absolute Gasteiger partial charge is 0.352 e. The van der Waals surface area contributed by atoms with Crippen LogP contribution in [0.2, 0.25) is 15.1 Å². The molecule has 0 unspecified atom stereocenters. The Hall–Kier alpha value is -1.70. The number of hydrogen-bond donors (Lipinski definition) is 0. The van der Waals surface area contributed by atoms with Gasteiger partial charge in [-0.25, -0.2) is 4.98 Å². The molecule has 1 aromatic carbocycles. The molecule has 4 nitrogen and oxygen atoms in total. The van der Waals surface area contributed by atoms with Crippen molar-refractivity contribution in [2.24, 2.45) is 0 Å². The summed E-state index contributed by atoms with van der Waals surface area (Å²) in [6.07, 6.45) is -3.74. The summed E-state index contributed by atoms with van der Waals surface area (Å²) in [5.41, 5.74) is -0.519. The number of benzene rings is 1. The first-order chi connectivity index (χ1) is 12.6. The number of amides is 1. The van der Waals surface area contributed by atoms with Gasteiger partial charge in [-0.05, 0) is 24.3 Å². The van der Waals surface area contributed by atoms with E-state index in [9.17, 15) is 18.0 Å². The van der Waals surface area contributed by atoms with E-state index in [1.54, 1.807) is 9.80 Å². The highest BCUT2D eigenvalue weighted by Gasteiger charge is 2.32. The maximum Gasteiger partial charge on any atom is 0.417 e. The second-order valence-electron chi connectivity index (χ2n) is 5.96. The van der Waals surface area contributed by atoms with Crippen LogP contribution in [-0.4, -0.2) is 42.0 Å². The van der Waals surface area contributed by atoms with Gasteiger partial charge in [-0.3, -0.25) is 4.79 Å². The highest BCUT2D eigenvalue weighted by Crippen LogP contribution is 2.33. The summed E-state index contributed by atoms with van der Waals surface area (Å²) in [5, 5.41) is 0.654. The summed E-state index contributed by atoms with van der Waals surface area (Å²) in [7, 11) is 0. The Kier molecular flexibility index (Phi) is 5.74. The van der Waals surface area contributed by atoms with E-state index in [0.717, 1.165) is 12.3 Å². The van der Waals surface area contributed by atoms with E-state index in [-0.39, 0.29) is 16.7 Å². The summed E-state index contributed by atoms with van der Waals surface area (Å²) < 4.78 is 38.2. The predicted octanol–water partition coefficient (Wildman–Crippen LogP) is 5.02. The number of pyridine rings is 1. The van der Waals surface area contributed by atoms with E-state index in [2.05, 4.69) is 4.98 Å². The second-order valence-corrected chi connectivity index (χ2v) is 7.24. The van der Waals surface area contributed by atoms with Crippen LogP contribution in [0, 0.1) is 0 Å². The van der Waals surface area contributed by atoms with Gasteiger partial charge in [0.25, 0.3) is 5.91 Å². The van der Waals surface area contributed by atoms with Crippen molar-refractivity contribution in [3.8, 4) is 0 Å². The molecule has 0 aliphatic carbocycles. The molecular formula is C17H13Cl3F3N3O. The number of halogens is 6. The van der Waals surface area contributed by atoms with Crippen LogP contribution in [0.3, 0.4) is 0 Å². The lowest BCUT2D eigenvalue weighted by atomic mass is 10.1. The Morgan fingerprint density at radius 3 is 2.07 bits per heavy atom. The monoisotopic (exact) mass is 437 g/mol. The molecule has 144 valence electrons. The molecule has 1 aromatic heterocycles. The lowest BCUT2D eigenvalue weighted by molar-refractivity contribution is -0.137. The molecule has 1 aliphatic heterocycles. The number of piperazine rings is 1. The van der Waals surface area contributed by atoms with E-state index < -0.39 is 11.7 Å². The van der Waals surface area contributed by atoms with Gasteiger partial charge in [-0.15, -0.1) is 0 Å². The number of rotatable bonds is 2. The zero-order chi connectivity index (χ0) is 19.8. The third-order valence-electron chi connectivity index (χ3n) is 4.13. The standard InChI is InChI=1S/C17H13Cl3F3N3O/c18-12-5-10(6-13(19)8-12)16(27)26-3-1-25(2-4-26)15-14(20)7-11(9-24-15)17(21,22)23/h5-9H,1-4H2. The Morgan fingerprint density at radius 1 is 0.963 bits per heavy atom. The van der Waals surface area contributed by atoms with Crippen LogP contribution in [0.5, 0.6) is 0 Å². The van der Waals surface area contributed by atoms with Crippen molar-refractivity contribution >= 4 is 46.5 Å². The number of alkyl halides is 3. The molecule has 1 amide bonds. The molecule has 10 heteroatoms. The fraction of sp³-hybridized carbons (Fsp3) is 0.294. The number of aromatic nitrogens is 1. The Balaban J connectivity index is 1.69. The fourth-order valence-corrected chi connectivity index (χ4v) is 3.61. The minimum atomic E-state index is -4.50. The van der Waals surface area contributed by atoms with Crippen molar-refractivity contribution in [1.82, 2.24) is 9.88 Å². The van der Waals surface area contributed by atoms with E-state index in [1.807, 2.05) is 0 Å². The highest BCUT2D eigenvalue weighted by atomic mass is 35.5. The van der Waals surface area contributed by atoms with Crippen molar-refractivity contribution in [1.29, 1.82) is 0 Å². The van der Waals surface area contributed by atoms with Gasteiger partial charge in [0.1, 0.15) is 5.82 Å². The summed E-state index contributed by atoms with van der Waals surface area (Å²) in [6, 6.07) is 5.47. The van der Waals surface area contributed by atoms with Crippen molar-refractivity contribution < 1.29 is 18.0 Å². The van der Waals surface area contributed by atoms with Crippen molar-refractivity contribution in [3.05, 3.63) is 56.7 Å². The molecule has 0 N–H and O–H groups in total. The molecule has 2 aromatic rings. The molecule has 1 saturated heterocycles. The molecule has 2 heterocycles. The number of nitrogens with zero attached hydrogens (tertiary/aromatic N) is 3. The topological polar surface area (TPSA) is 36.4 Å². The third kappa shape index (κ3) is 4.59. The fourth-order valence-electron chi connectivity index (χ4n) is 2.80. The maximum atomic E-state index is 12.7. The molecule has 0 bridgehead atoms. The molecule has 0 atom stereocenters. The van der Waals surface area contributed by atoms with Crippen LogP contribution in [0.1, 0.15) is 15.9 Å². The molecule has 3 rings (SSSR count). The molecule has 0 spiro atoms. The second kappa shape index (κ2) is 7.73. The van der Waals surface area contributed by atoms with Gasteiger partial charge in [0, 0.05) is 48.0 Å². The first-order valence-electron chi connectivity index (χ1n) is 7.88. The zero-order valence-electron chi connectivity index (χ0n) is 13.7. The van der Waals surface area contributed by atoms with Gasteiger partial charge in [-0.2, -0.15) is 13.2 Å².